The summed E-state index contributed by atoms with van der Waals surface area (Å²) in [4.78, 5) is 17.6. The molecule has 2 aromatic rings. The zero-order chi connectivity index (χ0) is 19.5. The number of fused-ring (bicyclic) bond motifs is 2. The lowest BCUT2D eigenvalue weighted by Gasteiger charge is -2.54. The number of H-pyrrole nitrogens is 1. The summed E-state index contributed by atoms with van der Waals surface area (Å²) >= 11 is 0. The first-order valence-corrected chi connectivity index (χ1v) is 11.2. The van der Waals surface area contributed by atoms with Gasteiger partial charge in [-0.3, -0.25) is 14.2 Å². The molecule has 5 fully saturated rings. The van der Waals surface area contributed by atoms with E-state index in [-0.39, 0.29) is 18.0 Å². The number of phosphoric ester groups is 1. The number of aromatic amines is 1. The van der Waals surface area contributed by atoms with Gasteiger partial charge in [0.15, 0.2) is 5.72 Å². The minimum atomic E-state index is -3.52. The number of piperidine rings is 1. The zero-order valence-electron chi connectivity index (χ0n) is 15.7. The number of nitrogens with one attached hydrogen (secondary N) is 1. The van der Waals surface area contributed by atoms with Crippen molar-refractivity contribution >= 4 is 24.6 Å². The summed E-state index contributed by atoms with van der Waals surface area (Å²) in [5.74, 6) is -1.82. The number of aromatic nitrogens is 1. The number of hydrogen-bond acceptors (Lipinski definition) is 6. The minimum Gasteiger partial charge on any atom is -0.366 e. The second-order valence-electron chi connectivity index (χ2n) is 8.49. The summed E-state index contributed by atoms with van der Waals surface area (Å²) in [6, 6.07) is 5.91. The molecule has 5 saturated heterocycles. The maximum atomic E-state index is 12.8. The maximum Gasteiger partial charge on any atom is 0.482 e. The molecule has 28 heavy (non-hydrogen) atoms. The van der Waals surface area contributed by atoms with Gasteiger partial charge in [-0.1, -0.05) is 6.07 Å². The highest BCUT2D eigenvalue weighted by Crippen LogP contribution is 2.85. The van der Waals surface area contributed by atoms with Crippen molar-refractivity contribution in [3.8, 4) is 0 Å². The number of carbonyl (C=O) groups is 1. The number of amides is 1. The van der Waals surface area contributed by atoms with E-state index in [4.69, 9.17) is 19.3 Å². The molecule has 3 N–H and O–H groups in total. The fourth-order valence-corrected chi connectivity index (χ4v) is 8.03. The molecule has 148 valence electrons. The van der Waals surface area contributed by atoms with E-state index in [2.05, 4.69) is 23.7 Å². The van der Waals surface area contributed by atoms with Crippen LogP contribution in [0.2, 0.25) is 0 Å². The van der Waals surface area contributed by atoms with Crippen molar-refractivity contribution in [1.29, 1.82) is 0 Å². The first kappa shape index (κ1) is 17.2. The van der Waals surface area contributed by atoms with Crippen molar-refractivity contribution in [2.75, 3.05) is 0 Å². The first-order chi connectivity index (χ1) is 13.3. The van der Waals surface area contributed by atoms with Crippen molar-refractivity contribution in [2.24, 2.45) is 5.73 Å². The van der Waals surface area contributed by atoms with Gasteiger partial charge < -0.3 is 10.7 Å². The molecular weight excluding hydrogens is 381 g/mol. The van der Waals surface area contributed by atoms with Crippen LogP contribution in [0.15, 0.2) is 24.4 Å². The van der Waals surface area contributed by atoms with E-state index in [1.54, 1.807) is 12.1 Å². The molecule has 8 nitrogen and oxygen atoms in total. The highest BCUT2D eigenvalue weighted by Gasteiger charge is 2.86. The molecule has 5 aliphatic heterocycles. The van der Waals surface area contributed by atoms with Crippen LogP contribution in [0.3, 0.4) is 0 Å². The molecule has 3 atom stereocenters. The molecule has 4 bridgehead atoms. The Morgan fingerprint density at radius 2 is 2.14 bits per heavy atom. The molecule has 9 heteroatoms. The zero-order valence-corrected chi connectivity index (χ0v) is 16.6. The standard InChI is InChI=1S/C19H22N3O5P/c1-10(2)22-11-6-7-18(22)19(26-28(24,25-18)27-19)14(8-11)13-9-21-15-5-3-4-12(16(13)15)17(20)23/h3-5,9-11,14,21H,6-8H2,1-2H3,(H2,20,23). The van der Waals surface area contributed by atoms with Crippen molar-refractivity contribution in [1.82, 2.24) is 9.88 Å². The van der Waals surface area contributed by atoms with Crippen LogP contribution >= 0.6 is 7.82 Å². The van der Waals surface area contributed by atoms with Crippen LogP contribution in [0.4, 0.5) is 0 Å². The van der Waals surface area contributed by atoms with Gasteiger partial charge in [0.05, 0.1) is 0 Å². The summed E-state index contributed by atoms with van der Waals surface area (Å²) in [7, 11) is -3.52. The van der Waals surface area contributed by atoms with Crippen LogP contribution in [0, 0.1) is 0 Å². The Hall–Kier alpha value is -1.70. The molecule has 1 amide bonds. The fourth-order valence-electron chi connectivity index (χ4n) is 6.06. The first-order valence-electron chi connectivity index (χ1n) is 9.71. The number of phosphoric acid groups is 1. The van der Waals surface area contributed by atoms with Crippen LogP contribution in [-0.4, -0.2) is 39.4 Å². The largest absolute Gasteiger partial charge is 0.482 e. The Labute approximate surface area is 161 Å². The van der Waals surface area contributed by atoms with Gasteiger partial charge in [-0.15, -0.1) is 0 Å². The molecule has 6 heterocycles. The number of rotatable bonds is 3. The third-order valence-corrected chi connectivity index (χ3v) is 8.34. The molecule has 1 aromatic heterocycles. The monoisotopic (exact) mass is 403 g/mol. The van der Waals surface area contributed by atoms with Crippen LogP contribution in [0.1, 0.15) is 54.9 Å². The predicted molar refractivity (Wildman–Crippen MR) is 100 cm³/mol. The molecule has 2 spiro atoms. The fraction of sp³-hybridized carbons (Fsp3) is 0.526. The highest BCUT2D eigenvalue weighted by molar-refractivity contribution is 7.50. The van der Waals surface area contributed by atoms with Gasteiger partial charge in [0.25, 0.3) is 0 Å². The Bertz CT molecular complexity index is 1070. The average molecular weight is 403 g/mol. The predicted octanol–water partition coefficient (Wildman–Crippen LogP) is 3.20. The van der Waals surface area contributed by atoms with Crippen LogP contribution in [-0.2, 0) is 18.1 Å². The summed E-state index contributed by atoms with van der Waals surface area (Å²) in [6.07, 6.45) is 4.29. The van der Waals surface area contributed by atoms with Crippen molar-refractivity contribution in [2.45, 2.75) is 62.6 Å². The number of nitrogens with zero attached hydrogens (tertiary/aromatic N) is 1. The van der Waals surface area contributed by atoms with Crippen molar-refractivity contribution < 1.29 is 22.9 Å². The Kier molecular flexibility index (Phi) is 3.11. The van der Waals surface area contributed by atoms with Gasteiger partial charge in [-0.05, 0) is 50.8 Å². The van der Waals surface area contributed by atoms with Gasteiger partial charge in [0, 0.05) is 40.7 Å². The topological polar surface area (TPSA) is 107 Å². The number of nitrogens with two attached hydrogens (primary N) is 1. The van der Waals surface area contributed by atoms with Gasteiger partial charge in [-0.2, -0.15) is 0 Å². The summed E-state index contributed by atoms with van der Waals surface area (Å²) in [5.41, 5.74) is 6.98. The quantitative estimate of drug-likeness (QED) is 0.763. The highest BCUT2D eigenvalue weighted by atomic mass is 31.2. The third kappa shape index (κ3) is 1.77. The van der Waals surface area contributed by atoms with E-state index in [9.17, 15) is 9.36 Å². The van der Waals surface area contributed by atoms with Gasteiger partial charge in [-0.25, -0.2) is 13.6 Å². The van der Waals surface area contributed by atoms with Crippen LogP contribution in [0.5, 0.6) is 0 Å². The second kappa shape index (κ2) is 5.07. The van der Waals surface area contributed by atoms with E-state index < -0.39 is 25.2 Å². The van der Waals surface area contributed by atoms with Crippen molar-refractivity contribution in [3.05, 3.63) is 35.5 Å². The molecule has 7 rings (SSSR count). The number of primary amides is 1. The number of benzene rings is 1. The second-order valence-corrected chi connectivity index (χ2v) is 9.93. The van der Waals surface area contributed by atoms with Crippen LogP contribution < -0.4 is 5.73 Å². The molecule has 1 aromatic carbocycles. The summed E-state index contributed by atoms with van der Waals surface area (Å²) in [6.45, 7) is 4.22. The van der Waals surface area contributed by atoms with E-state index in [0.717, 1.165) is 29.3 Å². The summed E-state index contributed by atoms with van der Waals surface area (Å²) < 4.78 is 30.7. The van der Waals surface area contributed by atoms with Gasteiger partial charge in [0.1, 0.15) is 0 Å². The molecule has 3 unspecified atom stereocenters. The minimum absolute atomic E-state index is 0.203. The Balaban J connectivity index is 1.57. The van der Waals surface area contributed by atoms with Gasteiger partial charge in [0.2, 0.25) is 11.7 Å². The maximum absolute atomic E-state index is 12.8. The lowest BCUT2D eigenvalue weighted by atomic mass is 9.76. The SMILES string of the molecule is CC(C)N1C2CCC13OP1(=O)OC3(O1)C(c1c[nH]c3cccc(C(N)=O)c13)C2. The molecule has 0 saturated carbocycles. The Morgan fingerprint density at radius 1 is 1.36 bits per heavy atom. The normalized spacial score (nSPS) is 41.4. The van der Waals surface area contributed by atoms with E-state index in [1.807, 2.05) is 12.3 Å². The average Bonchev–Trinajstić information content (AvgIpc) is 3.29. The Morgan fingerprint density at radius 3 is 2.86 bits per heavy atom. The molecular formula is C19H22N3O5P. The van der Waals surface area contributed by atoms with Crippen molar-refractivity contribution in [3.63, 3.8) is 0 Å². The van der Waals surface area contributed by atoms with E-state index >= 15 is 0 Å². The summed E-state index contributed by atoms with van der Waals surface area (Å²) in [5, 5.41) is 0.780. The van der Waals surface area contributed by atoms with Gasteiger partial charge >= 0.3 is 7.82 Å². The lowest BCUT2D eigenvalue weighted by molar-refractivity contribution is -0.286. The number of hydrogen-bond donors (Lipinski definition) is 2. The van der Waals surface area contributed by atoms with E-state index in [0.29, 0.717) is 12.0 Å². The van der Waals surface area contributed by atoms with E-state index in [1.165, 1.54) is 0 Å². The third-order valence-electron chi connectivity index (χ3n) is 6.83. The smallest absolute Gasteiger partial charge is 0.366 e. The molecule has 0 radical (unpaired) electrons. The van der Waals surface area contributed by atoms with Crippen LogP contribution in [0.25, 0.3) is 10.9 Å². The molecule has 0 aliphatic carbocycles. The number of carbonyl (C=O) groups excluding carboxylic acids is 1. The lowest BCUT2D eigenvalue weighted by Crippen LogP contribution is -2.69. The molecule has 5 aliphatic rings.